The van der Waals surface area contributed by atoms with Crippen LogP contribution in [0.5, 0.6) is 0 Å². The molecule has 1 nitrogen and oxygen atoms in total. The maximum atomic E-state index is 12.0. The Labute approximate surface area is 105 Å². The van der Waals surface area contributed by atoms with E-state index in [1.807, 2.05) is 0 Å². The zero-order valence-electron chi connectivity index (χ0n) is 11.2. The van der Waals surface area contributed by atoms with Crippen molar-refractivity contribution in [3.05, 3.63) is 23.3 Å². The Hall–Kier alpha value is -0.850. The highest BCUT2D eigenvalue weighted by Crippen LogP contribution is 2.47. The second-order valence-electron chi connectivity index (χ2n) is 5.96. The van der Waals surface area contributed by atoms with E-state index in [2.05, 4.69) is 26.0 Å². The normalized spacial score (nSPS) is 28.4. The van der Waals surface area contributed by atoms with E-state index in [0.717, 1.165) is 51.4 Å². The van der Waals surface area contributed by atoms with Crippen molar-refractivity contribution in [3.8, 4) is 0 Å². The number of carbonyl (C=O) groups excluding carboxylic acids is 1. The molecule has 0 bridgehead atoms. The van der Waals surface area contributed by atoms with E-state index in [1.165, 1.54) is 11.1 Å². The largest absolute Gasteiger partial charge is 0.299 e. The first-order chi connectivity index (χ1) is 8.12. The number of Topliss-reactive ketones (excluding diaryl/α,β-unsaturated/α-hetero) is 1. The van der Waals surface area contributed by atoms with Crippen LogP contribution in [0.2, 0.25) is 0 Å². The minimum atomic E-state index is 0.0645. The van der Waals surface area contributed by atoms with Gasteiger partial charge in [0, 0.05) is 11.8 Å². The van der Waals surface area contributed by atoms with Gasteiger partial charge in [-0.3, -0.25) is 4.79 Å². The van der Waals surface area contributed by atoms with Crippen molar-refractivity contribution >= 4 is 5.78 Å². The topological polar surface area (TPSA) is 17.1 Å². The first kappa shape index (κ1) is 12.6. The van der Waals surface area contributed by atoms with E-state index in [1.54, 1.807) is 0 Å². The summed E-state index contributed by atoms with van der Waals surface area (Å²) < 4.78 is 0. The number of hydrogen-bond donors (Lipinski definition) is 0. The van der Waals surface area contributed by atoms with Crippen molar-refractivity contribution in [1.82, 2.24) is 0 Å². The third-order valence-electron chi connectivity index (χ3n) is 4.29. The second kappa shape index (κ2) is 5.20. The van der Waals surface area contributed by atoms with Crippen molar-refractivity contribution in [2.75, 3.05) is 0 Å². The Kier molecular flexibility index (Phi) is 3.86. The average molecular weight is 232 g/mol. The smallest absolute Gasteiger partial charge is 0.139 e. The van der Waals surface area contributed by atoms with Crippen molar-refractivity contribution in [2.24, 2.45) is 5.41 Å². The van der Waals surface area contributed by atoms with Crippen molar-refractivity contribution in [3.63, 3.8) is 0 Å². The van der Waals surface area contributed by atoms with Gasteiger partial charge in [0.15, 0.2) is 0 Å². The van der Waals surface area contributed by atoms with Gasteiger partial charge < -0.3 is 0 Å². The lowest BCUT2D eigenvalue weighted by atomic mass is 9.71. The Bertz CT molecular complexity index is 358. The van der Waals surface area contributed by atoms with E-state index < -0.39 is 0 Å². The fourth-order valence-corrected chi connectivity index (χ4v) is 3.33. The van der Waals surface area contributed by atoms with E-state index in [-0.39, 0.29) is 5.41 Å². The lowest BCUT2D eigenvalue weighted by Gasteiger charge is -2.32. The molecule has 0 aromatic carbocycles. The van der Waals surface area contributed by atoms with Gasteiger partial charge in [-0.2, -0.15) is 0 Å². The minimum absolute atomic E-state index is 0.0645. The molecule has 0 aliphatic heterocycles. The molecule has 17 heavy (non-hydrogen) atoms. The molecule has 94 valence electrons. The van der Waals surface area contributed by atoms with Crippen LogP contribution in [0.1, 0.15) is 65.2 Å². The molecule has 2 aliphatic carbocycles. The molecule has 0 aromatic heterocycles. The summed E-state index contributed by atoms with van der Waals surface area (Å²) >= 11 is 0. The molecule has 0 radical (unpaired) electrons. The second-order valence-corrected chi connectivity index (χ2v) is 5.96. The monoisotopic (exact) mass is 232 g/mol. The summed E-state index contributed by atoms with van der Waals surface area (Å²) in [6.45, 7) is 4.30. The Morgan fingerprint density at radius 1 is 1.41 bits per heavy atom. The molecule has 0 saturated heterocycles. The molecule has 1 fully saturated rings. The van der Waals surface area contributed by atoms with Crippen LogP contribution in [0.3, 0.4) is 0 Å². The van der Waals surface area contributed by atoms with Gasteiger partial charge in [0.1, 0.15) is 5.78 Å². The van der Waals surface area contributed by atoms with Gasteiger partial charge in [-0.1, -0.05) is 23.3 Å². The highest BCUT2D eigenvalue weighted by Gasteiger charge is 2.42. The number of carbonyl (C=O) groups is 1. The summed E-state index contributed by atoms with van der Waals surface area (Å²) in [5.74, 6) is 0.547. The molecule has 1 saturated carbocycles. The lowest BCUT2D eigenvalue weighted by molar-refractivity contribution is -0.126. The van der Waals surface area contributed by atoms with Crippen LogP contribution in [0, 0.1) is 5.41 Å². The fourth-order valence-electron chi connectivity index (χ4n) is 3.33. The highest BCUT2D eigenvalue weighted by molar-refractivity contribution is 5.87. The molecular weight excluding hydrogens is 208 g/mol. The van der Waals surface area contributed by atoms with Gasteiger partial charge in [0.25, 0.3) is 0 Å². The first-order valence-corrected chi connectivity index (χ1v) is 6.97. The third-order valence-corrected chi connectivity index (χ3v) is 4.29. The van der Waals surface area contributed by atoms with Gasteiger partial charge in [-0.25, -0.2) is 0 Å². The molecule has 0 amide bonds. The highest BCUT2D eigenvalue weighted by atomic mass is 16.1. The van der Waals surface area contributed by atoms with Gasteiger partial charge in [0.2, 0.25) is 0 Å². The first-order valence-electron chi connectivity index (χ1n) is 6.97. The van der Waals surface area contributed by atoms with E-state index in [0.29, 0.717) is 5.78 Å². The maximum absolute atomic E-state index is 12.0. The van der Waals surface area contributed by atoms with Crippen LogP contribution < -0.4 is 0 Å². The SMILES string of the molecule is CC(C)=CCCC1=CCCC2(CCCC2=O)C1. The van der Waals surface area contributed by atoms with Crippen molar-refractivity contribution in [1.29, 1.82) is 0 Å². The molecule has 0 aromatic rings. The summed E-state index contributed by atoms with van der Waals surface area (Å²) in [4.78, 5) is 12.0. The number of ketones is 1. The quantitative estimate of drug-likeness (QED) is 0.651. The molecule has 1 spiro atoms. The van der Waals surface area contributed by atoms with Crippen molar-refractivity contribution in [2.45, 2.75) is 65.2 Å². The molecule has 2 rings (SSSR count). The molecule has 1 atom stereocenters. The molecule has 2 aliphatic rings. The third kappa shape index (κ3) is 2.88. The lowest BCUT2D eigenvalue weighted by Crippen LogP contribution is -2.28. The van der Waals surface area contributed by atoms with Gasteiger partial charge in [-0.15, -0.1) is 0 Å². The standard InChI is InChI=1S/C16H24O/c1-13(2)6-3-7-14-8-4-10-16(12-14)11-5-9-15(16)17/h6,8H,3-5,7,9-12H2,1-2H3. The zero-order chi connectivity index (χ0) is 12.3. The minimum Gasteiger partial charge on any atom is -0.299 e. The molecule has 1 heteroatoms. The van der Waals surface area contributed by atoms with Crippen molar-refractivity contribution < 1.29 is 4.79 Å². The summed E-state index contributed by atoms with van der Waals surface area (Å²) in [6, 6.07) is 0. The van der Waals surface area contributed by atoms with Crippen LogP contribution in [-0.4, -0.2) is 5.78 Å². The van der Waals surface area contributed by atoms with Crippen LogP contribution in [0.25, 0.3) is 0 Å². The summed E-state index contributed by atoms with van der Waals surface area (Å²) in [5, 5.41) is 0. The molecule has 0 N–H and O–H groups in total. The van der Waals surface area contributed by atoms with Crippen LogP contribution >= 0.6 is 0 Å². The molecule has 0 heterocycles. The predicted octanol–water partition coefficient (Wildman–Crippen LogP) is 4.58. The average Bonchev–Trinajstić information content (AvgIpc) is 2.60. The molecular formula is C16H24O. The predicted molar refractivity (Wildman–Crippen MR) is 71.9 cm³/mol. The van der Waals surface area contributed by atoms with E-state index in [9.17, 15) is 4.79 Å². The van der Waals surface area contributed by atoms with Crippen LogP contribution in [0.4, 0.5) is 0 Å². The van der Waals surface area contributed by atoms with Gasteiger partial charge in [0.05, 0.1) is 0 Å². The van der Waals surface area contributed by atoms with Crippen LogP contribution in [-0.2, 0) is 4.79 Å². The van der Waals surface area contributed by atoms with Crippen LogP contribution in [0.15, 0.2) is 23.3 Å². The van der Waals surface area contributed by atoms with E-state index in [4.69, 9.17) is 0 Å². The summed E-state index contributed by atoms with van der Waals surface area (Å²) in [6.07, 6.45) is 13.4. The summed E-state index contributed by atoms with van der Waals surface area (Å²) in [5.41, 5.74) is 2.99. The zero-order valence-corrected chi connectivity index (χ0v) is 11.2. The van der Waals surface area contributed by atoms with E-state index >= 15 is 0 Å². The Morgan fingerprint density at radius 2 is 2.24 bits per heavy atom. The Balaban J connectivity index is 1.95. The number of allylic oxidation sites excluding steroid dienone is 4. The fraction of sp³-hybridized carbons (Fsp3) is 0.688. The molecule has 1 unspecified atom stereocenters. The number of rotatable bonds is 3. The van der Waals surface area contributed by atoms with Gasteiger partial charge >= 0.3 is 0 Å². The maximum Gasteiger partial charge on any atom is 0.139 e. The van der Waals surface area contributed by atoms with Gasteiger partial charge in [-0.05, 0) is 58.8 Å². The summed E-state index contributed by atoms with van der Waals surface area (Å²) in [7, 11) is 0. The number of hydrogen-bond acceptors (Lipinski definition) is 1. The Morgan fingerprint density at radius 3 is 2.88 bits per heavy atom.